The normalized spacial score (nSPS) is 16.3. The van der Waals surface area contributed by atoms with E-state index in [1.54, 1.807) is 11.7 Å². The van der Waals surface area contributed by atoms with Crippen molar-refractivity contribution in [2.75, 3.05) is 16.8 Å². The Morgan fingerprint density at radius 1 is 1.21 bits per heavy atom. The van der Waals surface area contributed by atoms with Crippen molar-refractivity contribution in [3.63, 3.8) is 0 Å². The zero-order valence-electron chi connectivity index (χ0n) is 15.6. The number of rotatable bonds is 7. The molecule has 3 heterocycles. The molecule has 0 saturated carbocycles. The molecular formula is C21H23N5OS. The van der Waals surface area contributed by atoms with Gasteiger partial charge < -0.3 is 4.90 Å². The van der Waals surface area contributed by atoms with E-state index in [-0.39, 0.29) is 5.91 Å². The van der Waals surface area contributed by atoms with E-state index in [2.05, 4.69) is 55.7 Å². The molecule has 1 unspecified atom stereocenters. The molecule has 28 heavy (non-hydrogen) atoms. The van der Waals surface area contributed by atoms with Gasteiger partial charge in [0, 0.05) is 18.8 Å². The van der Waals surface area contributed by atoms with Gasteiger partial charge in [-0.1, -0.05) is 41.7 Å². The van der Waals surface area contributed by atoms with Gasteiger partial charge in [-0.25, -0.2) is 4.98 Å². The molecule has 0 bridgehead atoms. The minimum absolute atomic E-state index is 0.211. The maximum absolute atomic E-state index is 12.3. The summed E-state index contributed by atoms with van der Waals surface area (Å²) in [7, 11) is 0. The number of anilines is 2. The standard InChI is InChI=1S/C21H23N5OS/c27-20(24-21-25-23-15-28-21)17-11-12-19(22-14-17)26-13-5-10-18(26)9-4-8-16-6-2-1-3-7-16/h1-3,6-7,11-12,14-15,18H,4-5,8-10,13H2,(H,24,25,27). The molecular weight excluding hydrogens is 370 g/mol. The first-order valence-electron chi connectivity index (χ1n) is 9.64. The van der Waals surface area contributed by atoms with Crippen molar-refractivity contribution in [3.05, 3.63) is 65.3 Å². The lowest BCUT2D eigenvalue weighted by molar-refractivity contribution is 0.102. The Bertz CT molecular complexity index is 883. The monoisotopic (exact) mass is 393 g/mol. The lowest BCUT2D eigenvalue weighted by Gasteiger charge is -2.26. The quantitative estimate of drug-likeness (QED) is 0.652. The van der Waals surface area contributed by atoms with Crippen LogP contribution in [0.2, 0.25) is 0 Å². The molecule has 1 atom stereocenters. The predicted octanol–water partition coefficient (Wildman–Crippen LogP) is 4.18. The summed E-state index contributed by atoms with van der Waals surface area (Å²) < 4.78 is 0. The van der Waals surface area contributed by atoms with Crippen molar-refractivity contribution in [2.45, 2.75) is 38.1 Å². The second-order valence-corrected chi connectivity index (χ2v) is 7.80. The van der Waals surface area contributed by atoms with Crippen LogP contribution in [0.15, 0.2) is 54.2 Å². The summed E-state index contributed by atoms with van der Waals surface area (Å²) >= 11 is 1.29. The van der Waals surface area contributed by atoms with Gasteiger partial charge in [-0.3, -0.25) is 10.1 Å². The maximum atomic E-state index is 12.3. The van der Waals surface area contributed by atoms with Crippen LogP contribution in [0.5, 0.6) is 0 Å². The van der Waals surface area contributed by atoms with Crippen LogP contribution in [0.1, 0.15) is 41.6 Å². The molecule has 3 aromatic rings. The molecule has 4 rings (SSSR count). The van der Waals surface area contributed by atoms with Crippen molar-refractivity contribution >= 4 is 28.2 Å². The average Bonchev–Trinajstić information content (AvgIpc) is 3.41. The van der Waals surface area contributed by atoms with Gasteiger partial charge in [-0.2, -0.15) is 0 Å². The number of hydrogen-bond acceptors (Lipinski definition) is 6. The van der Waals surface area contributed by atoms with E-state index in [4.69, 9.17) is 0 Å². The van der Waals surface area contributed by atoms with E-state index in [0.29, 0.717) is 16.7 Å². The van der Waals surface area contributed by atoms with Crippen LogP contribution in [0.25, 0.3) is 0 Å². The summed E-state index contributed by atoms with van der Waals surface area (Å²) in [4.78, 5) is 19.2. The topological polar surface area (TPSA) is 71.0 Å². The molecule has 144 valence electrons. The second-order valence-electron chi connectivity index (χ2n) is 6.97. The SMILES string of the molecule is O=C(Nc1nncs1)c1ccc(N2CCCC2CCCc2ccccc2)nc1. The molecule has 6 nitrogen and oxygen atoms in total. The van der Waals surface area contributed by atoms with Crippen LogP contribution in [0, 0.1) is 0 Å². The Kier molecular flexibility index (Phi) is 5.92. The van der Waals surface area contributed by atoms with Crippen molar-refractivity contribution in [1.82, 2.24) is 15.2 Å². The molecule has 7 heteroatoms. The third kappa shape index (κ3) is 4.54. The highest BCUT2D eigenvalue weighted by atomic mass is 32.1. The van der Waals surface area contributed by atoms with Crippen LogP contribution < -0.4 is 10.2 Å². The highest BCUT2D eigenvalue weighted by Gasteiger charge is 2.25. The molecule has 1 fully saturated rings. The highest BCUT2D eigenvalue weighted by molar-refractivity contribution is 7.13. The number of benzene rings is 1. The van der Waals surface area contributed by atoms with Gasteiger partial charge >= 0.3 is 0 Å². The molecule has 1 amide bonds. The zero-order valence-corrected chi connectivity index (χ0v) is 16.4. The van der Waals surface area contributed by atoms with Crippen LogP contribution in [-0.4, -0.2) is 33.7 Å². The van der Waals surface area contributed by atoms with Crippen LogP contribution >= 0.6 is 11.3 Å². The minimum Gasteiger partial charge on any atom is -0.354 e. The van der Waals surface area contributed by atoms with Crippen molar-refractivity contribution in [1.29, 1.82) is 0 Å². The van der Waals surface area contributed by atoms with Gasteiger partial charge in [-0.15, -0.1) is 10.2 Å². The van der Waals surface area contributed by atoms with E-state index >= 15 is 0 Å². The summed E-state index contributed by atoms with van der Waals surface area (Å²) in [5, 5.41) is 10.8. The van der Waals surface area contributed by atoms with E-state index < -0.39 is 0 Å². The number of nitrogens with zero attached hydrogens (tertiary/aromatic N) is 4. The Hall–Kier alpha value is -2.80. The average molecular weight is 394 g/mol. The molecule has 0 radical (unpaired) electrons. The van der Waals surface area contributed by atoms with Crippen molar-refractivity contribution in [3.8, 4) is 0 Å². The molecule has 0 aliphatic carbocycles. The summed E-state index contributed by atoms with van der Waals surface area (Å²) in [6, 6.07) is 15.0. The lowest BCUT2D eigenvalue weighted by Crippen LogP contribution is -2.30. The zero-order chi connectivity index (χ0) is 19.2. The number of nitrogens with one attached hydrogen (secondary N) is 1. The van der Waals surface area contributed by atoms with Gasteiger partial charge in [0.2, 0.25) is 5.13 Å². The molecule has 1 aliphatic heterocycles. The van der Waals surface area contributed by atoms with E-state index in [9.17, 15) is 4.79 Å². The first-order valence-corrected chi connectivity index (χ1v) is 10.5. The fourth-order valence-electron chi connectivity index (χ4n) is 3.71. The molecule has 1 N–H and O–H groups in total. The number of pyridine rings is 1. The summed E-state index contributed by atoms with van der Waals surface area (Å²) in [6.07, 6.45) is 7.49. The largest absolute Gasteiger partial charge is 0.354 e. The van der Waals surface area contributed by atoms with Gasteiger partial charge in [-0.05, 0) is 49.8 Å². The number of amides is 1. The Morgan fingerprint density at radius 2 is 2.11 bits per heavy atom. The lowest BCUT2D eigenvalue weighted by atomic mass is 10.0. The fraction of sp³-hybridized carbons (Fsp3) is 0.333. The number of aromatic nitrogens is 3. The third-order valence-corrected chi connectivity index (χ3v) is 5.71. The first kappa shape index (κ1) is 18.6. The van der Waals surface area contributed by atoms with Crippen molar-refractivity contribution in [2.24, 2.45) is 0 Å². The number of carbonyl (C=O) groups is 1. The number of aryl methyl sites for hydroxylation is 1. The fourth-order valence-corrected chi connectivity index (χ4v) is 4.15. The van der Waals surface area contributed by atoms with E-state index in [1.807, 2.05) is 12.1 Å². The second kappa shape index (κ2) is 8.93. The summed E-state index contributed by atoms with van der Waals surface area (Å²) in [6.45, 7) is 1.03. The highest BCUT2D eigenvalue weighted by Crippen LogP contribution is 2.27. The number of hydrogen-bond donors (Lipinski definition) is 1. The van der Waals surface area contributed by atoms with Crippen LogP contribution in [0.3, 0.4) is 0 Å². The van der Waals surface area contributed by atoms with Crippen LogP contribution in [-0.2, 0) is 6.42 Å². The van der Waals surface area contributed by atoms with E-state index in [0.717, 1.165) is 25.2 Å². The summed E-state index contributed by atoms with van der Waals surface area (Å²) in [5.41, 5.74) is 3.51. The van der Waals surface area contributed by atoms with E-state index in [1.165, 1.54) is 36.2 Å². The third-order valence-electron chi connectivity index (χ3n) is 5.11. The predicted molar refractivity (Wildman–Crippen MR) is 112 cm³/mol. The molecule has 1 saturated heterocycles. The first-order chi connectivity index (χ1) is 13.8. The van der Waals surface area contributed by atoms with Crippen LogP contribution in [0.4, 0.5) is 10.9 Å². The maximum Gasteiger partial charge on any atom is 0.259 e. The van der Waals surface area contributed by atoms with Gasteiger partial charge in [0.05, 0.1) is 5.56 Å². The van der Waals surface area contributed by atoms with Crippen molar-refractivity contribution < 1.29 is 4.79 Å². The van der Waals surface area contributed by atoms with Gasteiger partial charge in [0.25, 0.3) is 5.91 Å². The Morgan fingerprint density at radius 3 is 2.86 bits per heavy atom. The number of carbonyl (C=O) groups excluding carboxylic acids is 1. The molecule has 1 aliphatic rings. The Balaban J connectivity index is 1.34. The summed E-state index contributed by atoms with van der Waals surface area (Å²) in [5.74, 6) is 0.742. The van der Waals surface area contributed by atoms with Gasteiger partial charge in [0.1, 0.15) is 11.3 Å². The molecule has 2 aromatic heterocycles. The Labute approximate surface area is 168 Å². The van der Waals surface area contributed by atoms with Gasteiger partial charge in [0.15, 0.2) is 0 Å². The molecule has 1 aromatic carbocycles. The smallest absolute Gasteiger partial charge is 0.259 e. The minimum atomic E-state index is -0.211. The molecule has 0 spiro atoms.